The lowest BCUT2D eigenvalue weighted by atomic mass is 10.3. The van der Waals surface area contributed by atoms with E-state index in [1.807, 2.05) is 6.07 Å². The molecular weight excluding hydrogens is 285 g/mol. The van der Waals surface area contributed by atoms with Gasteiger partial charge in [-0.05, 0) is 34.1 Å². The molecule has 2 rings (SSSR count). The van der Waals surface area contributed by atoms with Gasteiger partial charge in [-0.15, -0.1) is 6.58 Å². The van der Waals surface area contributed by atoms with E-state index in [2.05, 4.69) is 32.8 Å². The number of halogens is 2. The SMILES string of the molecule is C=CCNc1nccn1-c1ccc(Br)c(F)c1. The fourth-order valence-electron chi connectivity index (χ4n) is 1.44. The number of nitrogens with one attached hydrogen (secondary N) is 1. The van der Waals surface area contributed by atoms with Gasteiger partial charge in [-0.3, -0.25) is 4.57 Å². The van der Waals surface area contributed by atoms with E-state index in [0.29, 0.717) is 17.0 Å². The van der Waals surface area contributed by atoms with E-state index in [0.717, 1.165) is 5.69 Å². The van der Waals surface area contributed by atoms with E-state index in [4.69, 9.17) is 0 Å². The molecule has 0 atom stereocenters. The molecule has 3 nitrogen and oxygen atoms in total. The Balaban J connectivity index is 2.35. The zero-order valence-electron chi connectivity index (χ0n) is 9.03. The number of benzene rings is 1. The number of anilines is 1. The molecule has 17 heavy (non-hydrogen) atoms. The summed E-state index contributed by atoms with van der Waals surface area (Å²) in [5.74, 6) is 0.359. The predicted molar refractivity (Wildman–Crippen MR) is 69.9 cm³/mol. The highest BCUT2D eigenvalue weighted by Crippen LogP contribution is 2.21. The molecule has 0 bridgehead atoms. The summed E-state index contributed by atoms with van der Waals surface area (Å²) in [7, 11) is 0. The topological polar surface area (TPSA) is 29.9 Å². The largest absolute Gasteiger partial charge is 0.352 e. The third-order valence-corrected chi connectivity index (χ3v) is 2.87. The number of hydrogen-bond donors (Lipinski definition) is 1. The van der Waals surface area contributed by atoms with Crippen molar-refractivity contribution < 1.29 is 4.39 Å². The van der Waals surface area contributed by atoms with Crippen molar-refractivity contribution in [1.82, 2.24) is 9.55 Å². The molecule has 2 aromatic rings. The highest BCUT2D eigenvalue weighted by molar-refractivity contribution is 9.10. The quantitative estimate of drug-likeness (QED) is 0.877. The Morgan fingerprint density at radius 3 is 3.06 bits per heavy atom. The van der Waals surface area contributed by atoms with E-state index in [1.165, 1.54) is 6.07 Å². The monoisotopic (exact) mass is 295 g/mol. The summed E-state index contributed by atoms with van der Waals surface area (Å²) in [6.45, 7) is 4.23. The molecule has 1 aromatic heterocycles. The fourth-order valence-corrected chi connectivity index (χ4v) is 1.69. The van der Waals surface area contributed by atoms with Crippen molar-refractivity contribution in [3.05, 3.63) is 53.5 Å². The first-order chi connectivity index (χ1) is 8.22. The average molecular weight is 296 g/mol. The summed E-state index contributed by atoms with van der Waals surface area (Å²) in [5.41, 5.74) is 0.717. The summed E-state index contributed by atoms with van der Waals surface area (Å²) < 4.78 is 15.7. The second-order valence-corrected chi connectivity index (χ2v) is 4.24. The van der Waals surface area contributed by atoms with Crippen molar-refractivity contribution in [2.45, 2.75) is 0 Å². The van der Waals surface area contributed by atoms with Crippen molar-refractivity contribution in [1.29, 1.82) is 0 Å². The Bertz CT molecular complexity index is 536. The third-order valence-electron chi connectivity index (χ3n) is 2.23. The van der Waals surface area contributed by atoms with Gasteiger partial charge in [-0.2, -0.15) is 0 Å². The molecule has 0 radical (unpaired) electrons. The molecule has 0 aliphatic carbocycles. The van der Waals surface area contributed by atoms with E-state index in [-0.39, 0.29) is 5.82 Å². The minimum Gasteiger partial charge on any atom is -0.352 e. The number of aromatic nitrogens is 2. The first kappa shape index (κ1) is 11.9. The maximum atomic E-state index is 13.4. The van der Waals surface area contributed by atoms with Gasteiger partial charge in [0.25, 0.3) is 0 Å². The first-order valence-corrected chi connectivity index (χ1v) is 5.85. The Morgan fingerprint density at radius 1 is 1.53 bits per heavy atom. The van der Waals surface area contributed by atoms with Crippen LogP contribution in [0.4, 0.5) is 10.3 Å². The summed E-state index contributed by atoms with van der Waals surface area (Å²) >= 11 is 3.12. The lowest BCUT2D eigenvalue weighted by molar-refractivity contribution is 0.620. The maximum absolute atomic E-state index is 13.4. The second-order valence-electron chi connectivity index (χ2n) is 3.39. The molecule has 0 saturated carbocycles. The van der Waals surface area contributed by atoms with E-state index >= 15 is 0 Å². The normalized spacial score (nSPS) is 10.2. The summed E-state index contributed by atoms with van der Waals surface area (Å²) in [4.78, 5) is 4.15. The molecule has 88 valence electrons. The molecule has 0 aliphatic heterocycles. The average Bonchev–Trinajstić information content (AvgIpc) is 2.78. The van der Waals surface area contributed by atoms with Crippen LogP contribution in [0.3, 0.4) is 0 Å². The van der Waals surface area contributed by atoms with E-state index in [9.17, 15) is 4.39 Å². The maximum Gasteiger partial charge on any atom is 0.207 e. The van der Waals surface area contributed by atoms with Crippen molar-refractivity contribution in [3.8, 4) is 5.69 Å². The Kier molecular flexibility index (Phi) is 3.58. The van der Waals surface area contributed by atoms with Crippen LogP contribution in [-0.4, -0.2) is 16.1 Å². The Morgan fingerprint density at radius 2 is 2.35 bits per heavy atom. The molecule has 0 aliphatic rings. The fraction of sp³-hybridized carbons (Fsp3) is 0.0833. The Labute approximate surface area is 107 Å². The molecule has 0 fully saturated rings. The van der Waals surface area contributed by atoms with Gasteiger partial charge in [-0.1, -0.05) is 6.08 Å². The smallest absolute Gasteiger partial charge is 0.207 e. The molecule has 0 spiro atoms. The van der Waals surface area contributed by atoms with Crippen molar-refractivity contribution in [2.24, 2.45) is 0 Å². The van der Waals surface area contributed by atoms with Crippen molar-refractivity contribution in [3.63, 3.8) is 0 Å². The van der Waals surface area contributed by atoms with Crippen LogP contribution in [0, 0.1) is 5.82 Å². The molecule has 0 unspecified atom stereocenters. The molecule has 1 aromatic carbocycles. The van der Waals surface area contributed by atoms with Gasteiger partial charge in [0.05, 0.1) is 10.2 Å². The van der Waals surface area contributed by atoms with Crippen molar-refractivity contribution in [2.75, 3.05) is 11.9 Å². The Hall–Kier alpha value is -1.62. The zero-order chi connectivity index (χ0) is 12.3. The van der Waals surface area contributed by atoms with Gasteiger partial charge in [0.1, 0.15) is 5.82 Å². The van der Waals surface area contributed by atoms with Gasteiger partial charge < -0.3 is 5.32 Å². The molecular formula is C12H11BrFN3. The number of hydrogen-bond acceptors (Lipinski definition) is 2. The molecule has 1 N–H and O–H groups in total. The van der Waals surface area contributed by atoms with Gasteiger partial charge >= 0.3 is 0 Å². The van der Waals surface area contributed by atoms with Gasteiger partial charge in [-0.25, -0.2) is 9.37 Å². The van der Waals surface area contributed by atoms with Gasteiger partial charge in [0.2, 0.25) is 5.95 Å². The minimum atomic E-state index is -0.300. The number of rotatable bonds is 4. The van der Waals surface area contributed by atoms with Crippen LogP contribution < -0.4 is 5.32 Å². The lowest BCUT2D eigenvalue weighted by Gasteiger charge is -2.09. The molecule has 0 amide bonds. The standard InChI is InChI=1S/C12H11BrFN3/c1-2-5-15-12-16-6-7-17(12)9-3-4-10(13)11(14)8-9/h2-4,6-8H,1,5H2,(H,15,16). The highest BCUT2D eigenvalue weighted by Gasteiger charge is 2.06. The van der Waals surface area contributed by atoms with Crippen LogP contribution in [-0.2, 0) is 0 Å². The first-order valence-electron chi connectivity index (χ1n) is 5.06. The van der Waals surface area contributed by atoms with Crippen LogP contribution in [0.15, 0.2) is 47.7 Å². The molecule has 5 heteroatoms. The highest BCUT2D eigenvalue weighted by atomic mass is 79.9. The van der Waals surface area contributed by atoms with E-state index in [1.54, 1.807) is 29.1 Å². The minimum absolute atomic E-state index is 0.300. The van der Waals surface area contributed by atoms with E-state index < -0.39 is 0 Å². The van der Waals surface area contributed by atoms with Crippen LogP contribution in [0.25, 0.3) is 5.69 Å². The van der Waals surface area contributed by atoms with Crippen molar-refractivity contribution >= 4 is 21.9 Å². The van der Waals surface area contributed by atoms with Crippen LogP contribution in [0.1, 0.15) is 0 Å². The predicted octanol–water partition coefficient (Wildman–Crippen LogP) is 3.37. The van der Waals surface area contributed by atoms with Crippen LogP contribution in [0.5, 0.6) is 0 Å². The van der Waals surface area contributed by atoms with Crippen LogP contribution >= 0.6 is 15.9 Å². The second kappa shape index (κ2) is 5.14. The van der Waals surface area contributed by atoms with Crippen LogP contribution in [0.2, 0.25) is 0 Å². The summed E-state index contributed by atoms with van der Waals surface area (Å²) in [6.07, 6.45) is 5.17. The third kappa shape index (κ3) is 2.55. The van der Waals surface area contributed by atoms with Gasteiger partial charge in [0.15, 0.2) is 0 Å². The zero-order valence-corrected chi connectivity index (χ0v) is 10.6. The lowest BCUT2D eigenvalue weighted by Crippen LogP contribution is -2.05. The molecule has 1 heterocycles. The molecule has 0 saturated heterocycles. The summed E-state index contributed by atoms with van der Waals surface area (Å²) in [5, 5.41) is 3.08. The number of imidazole rings is 1. The number of nitrogens with zero attached hydrogens (tertiary/aromatic N) is 2. The van der Waals surface area contributed by atoms with Gasteiger partial charge in [0, 0.05) is 18.9 Å². The summed E-state index contributed by atoms with van der Waals surface area (Å²) in [6, 6.07) is 4.93.